The minimum absolute atomic E-state index is 0.0545. The molecular formula is C55H58N2O9. The molecule has 11 heteroatoms. The zero-order valence-corrected chi connectivity index (χ0v) is 37.4. The molecule has 0 radical (unpaired) electrons. The molecule has 11 nitrogen and oxygen atoms in total. The number of hydrogen-bond acceptors (Lipinski definition) is 10. The molecular weight excluding hydrogens is 833 g/mol. The monoisotopic (exact) mass is 890 g/mol. The van der Waals surface area contributed by atoms with E-state index in [4.69, 9.17) is 33.7 Å². The van der Waals surface area contributed by atoms with Crippen LogP contribution < -0.4 is 18.9 Å². The van der Waals surface area contributed by atoms with Gasteiger partial charge in [-0.25, -0.2) is 0 Å². The van der Waals surface area contributed by atoms with Crippen molar-refractivity contribution in [2.45, 2.75) is 69.3 Å². The lowest BCUT2D eigenvalue weighted by Gasteiger charge is -2.59. The summed E-state index contributed by atoms with van der Waals surface area (Å²) in [4.78, 5) is 22.8. The first-order chi connectivity index (χ1) is 32.4. The van der Waals surface area contributed by atoms with Gasteiger partial charge < -0.3 is 43.6 Å². The highest BCUT2D eigenvalue weighted by Gasteiger charge is 2.65. The Hall–Kier alpha value is -6.40. The van der Waals surface area contributed by atoms with Crippen molar-refractivity contribution < 1.29 is 43.5 Å². The summed E-state index contributed by atoms with van der Waals surface area (Å²) in [7, 11) is 1.79. The number of carbonyl (C=O) groups is 1. The van der Waals surface area contributed by atoms with Crippen molar-refractivity contribution >= 4 is 11.6 Å². The highest BCUT2D eigenvalue weighted by atomic mass is 16.7. The number of aliphatic hydroxyl groups excluding tert-OH is 2. The molecule has 2 N–H and O–H groups in total. The topological polar surface area (TPSA) is 129 Å². The van der Waals surface area contributed by atoms with Crippen LogP contribution in [0.2, 0.25) is 0 Å². The van der Waals surface area contributed by atoms with E-state index in [2.05, 4.69) is 43.0 Å². The molecule has 2 heterocycles. The third-order valence-corrected chi connectivity index (χ3v) is 13.5. The largest absolute Gasteiger partial charge is 0.459 e. The van der Waals surface area contributed by atoms with Crippen molar-refractivity contribution in [3.05, 3.63) is 162 Å². The molecule has 66 heavy (non-hydrogen) atoms. The number of oxime groups is 1. The molecule has 6 atom stereocenters. The van der Waals surface area contributed by atoms with Crippen LogP contribution in [0.3, 0.4) is 0 Å². The van der Waals surface area contributed by atoms with Gasteiger partial charge in [0.2, 0.25) is 12.6 Å². The predicted octanol–water partition coefficient (Wildman–Crippen LogP) is 10.5. The second-order valence-electron chi connectivity index (χ2n) is 17.5. The Morgan fingerprint density at radius 1 is 0.818 bits per heavy atom. The van der Waals surface area contributed by atoms with Crippen molar-refractivity contribution in [1.82, 2.24) is 4.90 Å². The van der Waals surface area contributed by atoms with Crippen LogP contribution in [0.5, 0.6) is 28.7 Å². The van der Waals surface area contributed by atoms with Gasteiger partial charge >= 0.3 is 0 Å². The third kappa shape index (κ3) is 9.20. The maximum Gasteiger partial charge on any atom is 0.254 e. The van der Waals surface area contributed by atoms with Crippen LogP contribution in [-0.4, -0.2) is 72.2 Å². The Balaban J connectivity index is 1.18. The van der Waals surface area contributed by atoms with Crippen LogP contribution in [0.25, 0.3) is 11.1 Å². The predicted molar refractivity (Wildman–Crippen MR) is 253 cm³/mol. The number of benzene rings is 5. The molecule has 1 amide bonds. The number of unbranched alkanes of at least 4 members (excludes halogenated alkanes) is 2. The summed E-state index contributed by atoms with van der Waals surface area (Å²) < 4.78 is 32.4. The molecule has 1 fully saturated rings. The quantitative estimate of drug-likeness (QED) is 0.0473. The minimum Gasteiger partial charge on any atom is -0.459 e. The Labute approximate surface area is 386 Å². The number of hydrogen-bond donors (Lipinski definition) is 2. The molecule has 0 unspecified atom stereocenters. The lowest BCUT2D eigenvalue weighted by atomic mass is 9.55. The van der Waals surface area contributed by atoms with Crippen molar-refractivity contribution in [3.63, 3.8) is 0 Å². The number of aliphatic hydroxyl groups is 2. The normalized spacial score (nSPS) is 22.9. The van der Waals surface area contributed by atoms with Crippen LogP contribution in [0.1, 0.15) is 72.3 Å². The van der Waals surface area contributed by atoms with E-state index in [0.717, 1.165) is 53.5 Å². The Bertz CT molecular complexity index is 2530. The summed E-state index contributed by atoms with van der Waals surface area (Å²) in [5, 5.41) is 25.0. The molecule has 1 saturated carbocycles. The number of amides is 1. The first kappa shape index (κ1) is 44.8. The number of carbonyl (C=O) groups excluding carboxylic acids is 1. The van der Waals surface area contributed by atoms with Crippen molar-refractivity contribution in [2.24, 2.45) is 22.9 Å². The summed E-state index contributed by atoms with van der Waals surface area (Å²) in [5.41, 5.74) is 6.27. The Kier molecular flexibility index (Phi) is 13.8. The molecule has 4 aliphatic rings. The van der Waals surface area contributed by atoms with Crippen LogP contribution in [0.15, 0.2) is 151 Å². The molecule has 9 rings (SSSR count). The minimum atomic E-state index is -1.40. The summed E-state index contributed by atoms with van der Waals surface area (Å²) in [6, 6.07) is 38.8. The fourth-order valence-electron chi connectivity index (χ4n) is 10.4. The Morgan fingerprint density at radius 2 is 1.52 bits per heavy atom. The van der Waals surface area contributed by atoms with E-state index in [1.807, 2.05) is 72.8 Å². The molecule has 0 saturated heterocycles. The SMILES string of the molecule is C=CCO[C@@]12Oc3ccc(Oc4ccc(-c5ccccc5)cc4)cc3[C@H]3[C@H](CCCCO)[C@@H](CCCCO)C=C(C(=NOCc4ccccc4)C[C@@H]1N(C)C(=O)c1ccc4c(c1)OCO4)[C@H]32. The van der Waals surface area contributed by atoms with Gasteiger partial charge in [-0.15, -0.1) is 6.58 Å². The second kappa shape index (κ2) is 20.4. The molecule has 342 valence electrons. The van der Waals surface area contributed by atoms with E-state index >= 15 is 0 Å². The van der Waals surface area contributed by atoms with E-state index < -0.39 is 17.7 Å². The number of rotatable bonds is 19. The summed E-state index contributed by atoms with van der Waals surface area (Å²) >= 11 is 0. The van der Waals surface area contributed by atoms with Crippen molar-refractivity contribution in [1.29, 1.82) is 0 Å². The lowest BCUT2D eigenvalue weighted by molar-refractivity contribution is -0.252. The molecule has 2 aliphatic heterocycles. The Morgan fingerprint density at radius 3 is 2.27 bits per heavy atom. The van der Waals surface area contributed by atoms with Gasteiger partial charge in [-0.1, -0.05) is 103 Å². The van der Waals surface area contributed by atoms with Gasteiger partial charge in [0.05, 0.1) is 18.2 Å². The molecule has 5 aromatic carbocycles. The molecule has 2 aliphatic carbocycles. The average Bonchev–Trinajstić information content (AvgIpc) is 3.83. The smallest absolute Gasteiger partial charge is 0.254 e. The molecule has 5 aromatic rings. The zero-order chi connectivity index (χ0) is 45.5. The first-order valence-corrected chi connectivity index (χ1v) is 23.1. The van der Waals surface area contributed by atoms with Crippen molar-refractivity contribution in [3.8, 4) is 39.9 Å². The van der Waals surface area contributed by atoms with Gasteiger partial charge in [-0.2, -0.15) is 0 Å². The van der Waals surface area contributed by atoms with Crippen molar-refractivity contribution in [2.75, 3.05) is 33.7 Å². The van der Waals surface area contributed by atoms with Crippen LogP contribution in [0.4, 0.5) is 0 Å². The van der Waals surface area contributed by atoms with E-state index in [1.165, 1.54) is 0 Å². The van der Waals surface area contributed by atoms with E-state index in [-0.39, 0.29) is 63.3 Å². The standard InChI is InChI=1S/C55H58N2O9/c1-3-30-63-55-51(57(2)54(60)41-22-26-49-50(32-41)62-36-61-49)34-47(56-64-35-37-14-6-4-7-15-37)45-31-40(18-10-12-28-58)44(19-11-13-29-59)52(53(45)55)46-33-43(25-27-48(46)66-55)65-42-23-20-39(21-24-42)38-16-8-5-9-17-38/h3-9,14-17,20-27,31-33,40,44,51-53,58-59H,1,10-13,18-19,28-30,34-36H2,2H3/t40-,44+,51-,52+,53+,55+/m0/s1. The van der Waals surface area contributed by atoms with Crippen LogP contribution in [-0.2, 0) is 16.2 Å². The van der Waals surface area contributed by atoms with E-state index in [1.54, 1.807) is 36.2 Å². The molecule has 0 bridgehead atoms. The van der Waals surface area contributed by atoms with Gasteiger partial charge in [0.15, 0.2) is 11.5 Å². The number of allylic oxidation sites excluding steroid dienone is 1. The number of fused-ring (bicyclic) bond motifs is 3. The van der Waals surface area contributed by atoms with Gasteiger partial charge in [0, 0.05) is 43.7 Å². The maximum atomic E-state index is 14.8. The zero-order valence-electron chi connectivity index (χ0n) is 37.4. The number of nitrogens with zero attached hydrogens (tertiary/aromatic N) is 2. The lowest BCUT2D eigenvalue weighted by Crippen LogP contribution is -2.69. The van der Waals surface area contributed by atoms with Gasteiger partial charge in [-0.05, 0) is 108 Å². The summed E-state index contributed by atoms with van der Waals surface area (Å²) in [6.45, 7) is 4.76. The van der Waals surface area contributed by atoms with Gasteiger partial charge in [0.1, 0.15) is 29.9 Å². The van der Waals surface area contributed by atoms with E-state index in [9.17, 15) is 15.0 Å². The fourth-order valence-corrected chi connectivity index (χ4v) is 10.4. The average molecular weight is 891 g/mol. The van der Waals surface area contributed by atoms with Crippen LogP contribution in [0, 0.1) is 17.8 Å². The fraction of sp³-hybridized carbons (Fsp3) is 0.345. The summed E-state index contributed by atoms with van der Waals surface area (Å²) in [5.74, 6) is 0.899. The first-order valence-electron chi connectivity index (χ1n) is 23.1. The molecule has 0 aromatic heterocycles. The highest BCUT2D eigenvalue weighted by Crippen LogP contribution is 2.62. The highest BCUT2D eigenvalue weighted by molar-refractivity contribution is 6.03. The third-order valence-electron chi connectivity index (χ3n) is 13.5. The van der Waals surface area contributed by atoms with Crippen LogP contribution >= 0.6 is 0 Å². The maximum absolute atomic E-state index is 14.8. The van der Waals surface area contributed by atoms with E-state index in [0.29, 0.717) is 52.9 Å². The van der Waals surface area contributed by atoms with Gasteiger partial charge in [-0.3, -0.25) is 4.79 Å². The second-order valence-corrected chi connectivity index (χ2v) is 17.5. The molecule has 0 spiro atoms. The number of ether oxygens (including phenoxy) is 5. The number of likely N-dealkylation sites (N-methyl/N-ethyl adjacent to an activating group) is 1. The summed E-state index contributed by atoms with van der Waals surface area (Å²) in [6.07, 6.45) is 8.95. The van der Waals surface area contributed by atoms with Gasteiger partial charge in [0.25, 0.3) is 5.91 Å².